The summed E-state index contributed by atoms with van der Waals surface area (Å²) in [4.78, 5) is 15.2. The highest BCUT2D eigenvalue weighted by molar-refractivity contribution is 6.01. The molecule has 0 saturated carbocycles. The number of hydrogen-bond donors (Lipinski definition) is 1. The number of rotatable bonds is 2. The van der Waals surface area contributed by atoms with E-state index in [1.54, 1.807) is 0 Å². The number of hydrogen-bond acceptors (Lipinski definition) is 4. The zero-order valence-electron chi connectivity index (χ0n) is 16.1. The number of nitrogens with zero attached hydrogens (tertiary/aromatic N) is 2. The van der Waals surface area contributed by atoms with E-state index in [2.05, 4.69) is 19.9 Å². The maximum Gasteiger partial charge on any atom is 0.162 e. The first-order valence-electron chi connectivity index (χ1n) is 9.49. The Morgan fingerprint density at radius 1 is 1.04 bits per heavy atom. The minimum atomic E-state index is -0.412. The largest absolute Gasteiger partial charge is 0.384 e. The van der Waals surface area contributed by atoms with Gasteiger partial charge in [0.25, 0.3) is 0 Å². The van der Waals surface area contributed by atoms with Gasteiger partial charge in [-0.15, -0.1) is 0 Å². The van der Waals surface area contributed by atoms with Crippen LogP contribution in [0.3, 0.4) is 0 Å². The van der Waals surface area contributed by atoms with Crippen molar-refractivity contribution in [3.63, 3.8) is 0 Å². The van der Waals surface area contributed by atoms with Crippen LogP contribution >= 0.6 is 0 Å². The molecule has 0 amide bonds. The molecule has 0 spiro atoms. The summed E-state index contributed by atoms with van der Waals surface area (Å²) in [5.74, 6) is 0.0952. The van der Waals surface area contributed by atoms with E-state index in [9.17, 15) is 10.1 Å². The minimum Gasteiger partial charge on any atom is -0.384 e. The molecular weight excluding hydrogens is 346 g/mol. The monoisotopic (exact) mass is 369 g/mol. The summed E-state index contributed by atoms with van der Waals surface area (Å²) in [6.45, 7) is 4.21. The second-order valence-electron chi connectivity index (χ2n) is 8.23. The van der Waals surface area contributed by atoms with Gasteiger partial charge in [-0.05, 0) is 29.5 Å². The molecule has 0 aromatic heterocycles. The molecule has 0 bridgehead atoms. The number of carbonyl (C=O) groups is 1. The maximum absolute atomic E-state index is 13.3. The van der Waals surface area contributed by atoms with Gasteiger partial charge in [0, 0.05) is 23.4 Å². The number of benzene rings is 2. The Morgan fingerprint density at radius 3 is 2.25 bits per heavy atom. The Kier molecular flexibility index (Phi) is 4.31. The molecule has 28 heavy (non-hydrogen) atoms. The Hall–Kier alpha value is -3.32. The Balaban J connectivity index is 2.00. The smallest absolute Gasteiger partial charge is 0.162 e. The van der Waals surface area contributed by atoms with Crippen molar-refractivity contribution in [1.82, 2.24) is 0 Å². The van der Waals surface area contributed by atoms with Crippen molar-refractivity contribution < 1.29 is 4.79 Å². The molecule has 2 aromatic carbocycles. The molecule has 1 aliphatic heterocycles. The maximum atomic E-state index is 13.3. The first-order chi connectivity index (χ1) is 13.4. The van der Waals surface area contributed by atoms with E-state index in [1.165, 1.54) is 0 Å². The third-order valence-corrected chi connectivity index (χ3v) is 5.53. The molecule has 0 saturated heterocycles. The molecule has 4 nitrogen and oxygen atoms in total. The van der Waals surface area contributed by atoms with Crippen molar-refractivity contribution in [2.24, 2.45) is 11.1 Å². The zero-order chi connectivity index (χ0) is 19.9. The van der Waals surface area contributed by atoms with E-state index < -0.39 is 5.92 Å². The second-order valence-corrected chi connectivity index (χ2v) is 8.23. The minimum absolute atomic E-state index is 0.0984. The molecule has 1 atom stereocenters. The number of ketones is 1. The van der Waals surface area contributed by atoms with E-state index in [1.807, 2.05) is 65.6 Å². The standard InChI is InChI=1S/C24H23N3O/c1-24(2)13-19-22(20(28)14-24)21(16-9-5-3-6-10-16)18(15-25)23(26)27(19)17-11-7-4-8-12-17/h3-12,21H,13-14,26H2,1-2H3/t21-/m0/s1. The van der Waals surface area contributed by atoms with E-state index in [-0.39, 0.29) is 11.2 Å². The van der Waals surface area contributed by atoms with Gasteiger partial charge in [0.1, 0.15) is 5.82 Å². The number of nitriles is 1. The van der Waals surface area contributed by atoms with E-state index in [0.29, 0.717) is 23.4 Å². The topological polar surface area (TPSA) is 70.1 Å². The summed E-state index contributed by atoms with van der Waals surface area (Å²) < 4.78 is 0. The number of para-hydroxylation sites is 1. The SMILES string of the molecule is CC1(C)CC(=O)C2=C(C1)N(c1ccccc1)C(N)=C(C#N)[C@@H]2c1ccccc1. The van der Waals surface area contributed by atoms with Gasteiger partial charge in [-0.25, -0.2) is 0 Å². The molecule has 2 N–H and O–H groups in total. The van der Waals surface area contributed by atoms with Gasteiger partial charge in [0.15, 0.2) is 5.78 Å². The van der Waals surface area contributed by atoms with Crippen LogP contribution in [0.5, 0.6) is 0 Å². The number of nitrogens with two attached hydrogens (primary N) is 1. The van der Waals surface area contributed by atoms with Crippen LogP contribution in [0.2, 0.25) is 0 Å². The van der Waals surface area contributed by atoms with Gasteiger partial charge in [-0.2, -0.15) is 5.26 Å². The highest BCUT2D eigenvalue weighted by atomic mass is 16.1. The molecule has 2 aliphatic rings. The summed E-state index contributed by atoms with van der Waals surface area (Å²) in [6, 6.07) is 21.8. The first-order valence-corrected chi connectivity index (χ1v) is 9.49. The summed E-state index contributed by atoms with van der Waals surface area (Å²) in [5.41, 5.74) is 10.3. The average Bonchev–Trinajstić information content (AvgIpc) is 2.67. The summed E-state index contributed by atoms with van der Waals surface area (Å²) >= 11 is 0. The summed E-state index contributed by atoms with van der Waals surface area (Å²) in [6.07, 6.45) is 1.20. The molecule has 2 aromatic rings. The molecule has 0 fully saturated rings. The third kappa shape index (κ3) is 2.90. The zero-order valence-corrected chi connectivity index (χ0v) is 16.1. The van der Waals surface area contributed by atoms with E-state index in [4.69, 9.17) is 5.73 Å². The van der Waals surface area contributed by atoms with Crippen molar-refractivity contribution in [1.29, 1.82) is 5.26 Å². The lowest BCUT2D eigenvalue weighted by molar-refractivity contribution is -0.118. The first kappa shape index (κ1) is 18.1. The van der Waals surface area contributed by atoms with E-state index >= 15 is 0 Å². The van der Waals surface area contributed by atoms with E-state index in [0.717, 1.165) is 23.4 Å². The number of anilines is 1. The highest BCUT2D eigenvalue weighted by Crippen LogP contribution is 2.49. The van der Waals surface area contributed by atoms with Gasteiger partial charge in [0.05, 0.1) is 17.6 Å². The molecule has 4 rings (SSSR count). The fourth-order valence-electron chi connectivity index (χ4n) is 4.36. The van der Waals surface area contributed by atoms with Crippen LogP contribution in [-0.2, 0) is 4.79 Å². The lowest BCUT2D eigenvalue weighted by Crippen LogP contribution is -2.42. The Labute approximate surface area is 165 Å². The molecule has 1 heterocycles. The van der Waals surface area contributed by atoms with Crippen molar-refractivity contribution in [3.8, 4) is 6.07 Å². The molecule has 4 heteroatoms. The second kappa shape index (κ2) is 6.69. The van der Waals surface area contributed by atoms with Gasteiger partial charge in [0.2, 0.25) is 0 Å². The van der Waals surface area contributed by atoms with Crippen LogP contribution in [-0.4, -0.2) is 5.78 Å². The lowest BCUT2D eigenvalue weighted by Gasteiger charge is -2.43. The predicted octanol–water partition coefficient (Wildman–Crippen LogP) is 4.63. The van der Waals surface area contributed by atoms with Crippen LogP contribution in [0.25, 0.3) is 0 Å². The fourth-order valence-corrected chi connectivity index (χ4v) is 4.36. The molecule has 140 valence electrons. The Morgan fingerprint density at radius 2 is 1.64 bits per heavy atom. The summed E-state index contributed by atoms with van der Waals surface area (Å²) in [5, 5.41) is 9.99. The molecule has 0 unspecified atom stereocenters. The van der Waals surface area contributed by atoms with Crippen molar-refractivity contribution in [3.05, 3.63) is 88.9 Å². The molecule has 1 aliphatic carbocycles. The van der Waals surface area contributed by atoms with Crippen molar-refractivity contribution >= 4 is 11.5 Å². The highest BCUT2D eigenvalue weighted by Gasteiger charge is 2.44. The molecular formula is C24H23N3O. The predicted molar refractivity (Wildman–Crippen MR) is 110 cm³/mol. The van der Waals surface area contributed by atoms with Crippen LogP contribution < -0.4 is 10.6 Å². The van der Waals surface area contributed by atoms with Crippen molar-refractivity contribution in [2.45, 2.75) is 32.6 Å². The van der Waals surface area contributed by atoms with Gasteiger partial charge in [-0.3, -0.25) is 9.69 Å². The van der Waals surface area contributed by atoms with Gasteiger partial charge < -0.3 is 5.73 Å². The van der Waals surface area contributed by atoms with Crippen LogP contribution in [0.1, 0.15) is 38.2 Å². The quantitative estimate of drug-likeness (QED) is 0.838. The third-order valence-electron chi connectivity index (χ3n) is 5.53. The fraction of sp³-hybridized carbons (Fsp3) is 0.250. The molecule has 0 radical (unpaired) electrons. The average molecular weight is 369 g/mol. The lowest BCUT2D eigenvalue weighted by atomic mass is 9.68. The van der Waals surface area contributed by atoms with Crippen LogP contribution in [0.4, 0.5) is 5.69 Å². The number of allylic oxidation sites excluding steroid dienone is 3. The van der Waals surface area contributed by atoms with Crippen LogP contribution in [0.15, 0.2) is 83.3 Å². The van der Waals surface area contributed by atoms with Crippen LogP contribution in [0, 0.1) is 16.7 Å². The number of carbonyl (C=O) groups excluding carboxylic acids is 1. The number of Topliss-reactive ketones (excluding diaryl/α,β-unsaturated/α-hetero) is 1. The summed E-state index contributed by atoms with van der Waals surface area (Å²) in [7, 11) is 0. The Bertz CT molecular complexity index is 1030. The normalized spacial score (nSPS) is 21.4. The van der Waals surface area contributed by atoms with Gasteiger partial charge in [-0.1, -0.05) is 62.4 Å². The van der Waals surface area contributed by atoms with Gasteiger partial charge >= 0.3 is 0 Å². The van der Waals surface area contributed by atoms with Crippen molar-refractivity contribution in [2.75, 3.05) is 4.90 Å².